The zero-order valence-corrected chi connectivity index (χ0v) is 8.27. The van der Waals surface area contributed by atoms with Crippen LogP contribution in [-0.4, -0.2) is 0 Å². The van der Waals surface area contributed by atoms with Crippen molar-refractivity contribution in [2.24, 2.45) is 0 Å². The van der Waals surface area contributed by atoms with Crippen LogP contribution < -0.4 is 5.43 Å². The molecule has 0 radical (unpaired) electrons. The molecule has 1 aromatic heterocycles. The normalized spacial score (nSPS) is 10.8. The Kier molecular flexibility index (Phi) is 2.11. The second-order valence-corrected chi connectivity index (χ2v) is 3.53. The average Bonchev–Trinajstić information content (AvgIpc) is 2.12. The molecule has 5 heteroatoms. The van der Waals surface area contributed by atoms with E-state index in [9.17, 15) is 13.6 Å². The molecule has 0 bridgehead atoms. The topological polar surface area (TPSA) is 30.2 Å². The van der Waals surface area contributed by atoms with Gasteiger partial charge in [0.1, 0.15) is 16.6 Å². The van der Waals surface area contributed by atoms with Crippen LogP contribution >= 0.6 is 15.9 Å². The van der Waals surface area contributed by atoms with Crippen molar-refractivity contribution in [2.45, 2.75) is 0 Å². The molecule has 0 N–H and O–H groups in total. The number of halogens is 3. The van der Waals surface area contributed by atoms with Gasteiger partial charge in [0, 0.05) is 6.07 Å². The van der Waals surface area contributed by atoms with Gasteiger partial charge in [0.2, 0.25) is 5.43 Å². The van der Waals surface area contributed by atoms with Crippen molar-refractivity contribution in [3.63, 3.8) is 0 Å². The van der Waals surface area contributed by atoms with Crippen LogP contribution in [0.25, 0.3) is 11.0 Å². The fourth-order valence-electron chi connectivity index (χ4n) is 1.14. The van der Waals surface area contributed by atoms with Gasteiger partial charge in [0.05, 0.1) is 5.39 Å². The first-order chi connectivity index (χ1) is 6.59. The van der Waals surface area contributed by atoms with Crippen LogP contribution in [0.4, 0.5) is 8.78 Å². The lowest BCUT2D eigenvalue weighted by molar-refractivity contribution is 0.536. The van der Waals surface area contributed by atoms with Gasteiger partial charge in [-0.3, -0.25) is 4.79 Å². The monoisotopic (exact) mass is 260 g/mol. The van der Waals surface area contributed by atoms with Crippen LogP contribution in [0.5, 0.6) is 0 Å². The fourth-order valence-corrected chi connectivity index (χ4v) is 1.45. The number of rotatable bonds is 0. The summed E-state index contributed by atoms with van der Waals surface area (Å²) in [6.45, 7) is 0. The van der Waals surface area contributed by atoms with E-state index in [0.29, 0.717) is 6.07 Å². The first-order valence-electron chi connectivity index (χ1n) is 3.65. The molecule has 0 atom stereocenters. The molecule has 0 unspecified atom stereocenters. The molecule has 0 aliphatic rings. The van der Waals surface area contributed by atoms with Gasteiger partial charge in [-0.15, -0.1) is 0 Å². The molecule has 0 amide bonds. The minimum atomic E-state index is -0.885. The summed E-state index contributed by atoms with van der Waals surface area (Å²) in [6, 6.07) is 1.61. The summed E-state index contributed by atoms with van der Waals surface area (Å²) in [4.78, 5) is 11.4. The van der Waals surface area contributed by atoms with E-state index in [1.165, 1.54) is 0 Å². The predicted molar refractivity (Wildman–Crippen MR) is 50.1 cm³/mol. The maximum atomic E-state index is 13.1. The molecule has 2 nitrogen and oxygen atoms in total. The van der Waals surface area contributed by atoms with E-state index in [0.717, 1.165) is 12.3 Å². The molecule has 0 saturated carbocycles. The molecule has 2 aromatic rings. The van der Waals surface area contributed by atoms with Crippen molar-refractivity contribution in [1.82, 2.24) is 0 Å². The Balaban J connectivity index is 3.03. The van der Waals surface area contributed by atoms with Crippen molar-refractivity contribution < 1.29 is 13.2 Å². The van der Waals surface area contributed by atoms with E-state index >= 15 is 0 Å². The molecule has 2 rings (SSSR count). The second kappa shape index (κ2) is 3.16. The van der Waals surface area contributed by atoms with Crippen LogP contribution in [0, 0.1) is 11.6 Å². The highest BCUT2D eigenvalue weighted by molar-refractivity contribution is 9.10. The van der Waals surface area contributed by atoms with Crippen LogP contribution in [0.3, 0.4) is 0 Å². The Hall–Kier alpha value is -1.23. The number of hydrogen-bond donors (Lipinski definition) is 0. The number of hydrogen-bond acceptors (Lipinski definition) is 2. The van der Waals surface area contributed by atoms with E-state index in [1.54, 1.807) is 0 Å². The molecule has 0 aliphatic heterocycles. The third-order valence-corrected chi connectivity index (χ3v) is 2.30. The molecule has 0 spiro atoms. The van der Waals surface area contributed by atoms with Gasteiger partial charge >= 0.3 is 0 Å². The van der Waals surface area contributed by atoms with Crippen molar-refractivity contribution in [3.05, 3.63) is 44.7 Å². The minimum Gasteiger partial charge on any atom is -0.460 e. The summed E-state index contributed by atoms with van der Waals surface area (Å²) >= 11 is 2.91. The third kappa shape index (κ3) is 1.33. The predicted octanol–water partition coefficient (Wildman–Crippen LogP) is 2.83. The largest absolute Gasteiger partial charge is 0.460 e. The summed E-state index contributed by atoms with van der Waals surface area (Å²) in [5.74, 6) is -1.69. The SMILES string of the molecule is O=c1c(Br)coc2c(F)cc(F)cc12. The smallest absolute Gasteiger partial charge is 0.207 e. The Morgan fingerprint density at radius 1 is 1.29 bits per heavy atom. The highest BCUT2D eigenvalue weighted by Gasteiger charge is 2.10. The van der Waals surface area contributed by atoms with Crippen LogP contribution in [0.1, 0.15) is 0 Å². The fraction of sp³-hybridized carbons (Fsp3) is 0. The third-order valence-electron chi connectivity index (χ3n) is 1.75. The van der Waals surface area contributed by atoms with Crippen LogP contribution in [0.2, 0.25) is 0 Å². The van der Waals surface area contributed by atoms with Gasteiger partial charge in [-0.05, 0) is 22.0 Å². The van der Waals surface area contributed by atoms with Crippen molar-refractivity contribution in [2.75, 3.05) is 0 Å². The van der Waals surface area contributed by atoms with Gasteiger partial charge in [-0.25, -0.2) is 8.78 Å². The van der Waals surface area contributed by atoms with E-state index in [-0.39, 0.29) is 15.4 Å². The van der Waals surface area contributed by atoms with Gasteiger partial charge in [0.25, 0.3) is 0 Å². The molecule has 0 aliphatic carbocycles. The first kappa shape index (κ1) is 9.33. The summed E-state index contributed by atoms with van der Waals surface area (Å²) in [5, 5.41) is -0.114. The van der Waals surface area contributed by atoms with E-state index in [2.05, 4.69) is 15.9 Å². The maximum absolute atomic E-state index is 13.1. The zero-order valence-electron chi connectivity index (χ0n) is 6.68. The van der Waals surface area contributed by atoms with Gasteiger partial charge < -0.3 is 4.42 Å². The molecule has 1 aromatic carbocycles. The maximum Gasteiger partial charge on any atom is 0.207 e. The summed E-state index contributed by atoms with van der Waals surface area (Å²) < 4.78 is 30.8. The Morgan fingerprint density at radius 3 is 2.71 bits per heavy atom. The first-order valence-corrected chi connectivity index (χ1v) is 4.45. The molecule has 1 heterocycles. The molecule has 0 fully saturated rings. The molecule has 72 valence electrons. The molecular weight excluding hydrogens is 258 g/mol. The van der Waals surface area contributed by atoms with Crippen molar-refractivity contribution in [3.8, 4) is 0 Å². The molecular formula is C9H3BrF2O2. The Morgan fingerprint density at radius 2 is 2.00 bits per heavy atom. The number of benzene rings is 1. The summed E-state index contributed by atoms with van der Waals surface area (Å²) in [6.07, 6.45) is 1.08. The van der Waals surface area contributed by atoms with Gasteiger partial charge in [-0.1, -0.05) is 0 Å². The summed E-state index contributed by atoms with van der Waals surface area (Å²) in [7, 11) is 0. The standard InChI is InChI=1S/C9H3BrF2O2/c10-6-3-14-9-5(8(6)13)1-4(11)2-7(9)12/h1-3H. The van der Waals surface area contributed by atoms with Crippen LogP contribution in [0.15, 0.2) is 32.1 Å². The molecule has 0 saturated heterocycles. The van der Waals surface area contributed by atoms with Gasteiger partial charge in [-0.2, -0.15) is 0 Å². The van der Waals surface area contributed by atoms with Crippen molar-refractivity contribution >= 4 is 26.9 Å². The number of fused-ring (bicyclic) bond motifs is 1. The Labute approximate surface area is 85.3 Å². The zero-order chi connectivity index (χ0) is 10.3. The second-order valence-electron chi connectivity index (χ2n) is 2.68. The Bertz CT molecular complexity index is 562. The summed E-state index contributed by atoms with van der Waals surface area (Å²) in [5.41, 5.74) is -0.732. The van der Waals surface area contributed by atoms with Crippen LogP contribution in [-0.2, 0) is 0 Å². The van der Waals surface area contributed by atoms with Gasteiger partial charge in [0.15, 0.2) is 11.4 Å². The quantitative estimate of drug-likeness (QED) is 0.729. The highest BCUT2D eigenvalue weighted by Crippen LogP contribution is 2.18. The average molecular weight is 261 g/mol. The minimum absolute atomic E-state index is 0.114. The highest BCUT2D eigenvalue weighted by atomic mass is 79.9. The van der Waals surface area contributed by atoms with E-state index in [4.69, 9.17) is 4.42 Å². The lowest BCUT2D eigenvalue weighted by atomic mass is 10.2. The van der Waals surface area contributed by atoms with E-state index < -0.39 is 17.1 Å². The lowest BCUT2D eigenvalue weighted by Gasteiger charge is -1.98. The molecule has 14 heavy (non-hydrogen) atoms. The van der Waals surface area contributed by atoms with E-state index in [1.807, 2.05) is 0 Å². The van der Waals surface area contributed by atoms with Crippen molar-refractivity contribution in [1.29, 1.82) is 0 Å². The lowest BCUT2D eigenvalue weighted by Crippen LogP contribution is -2.03.